The molecule has 4 heteroatoms. The van der Waals surface area contributed by atoms with Crippen LogP contribution < -0.4 is 5.32 Å². The van der Waals surface area contributed by atoms with Gasteiger partial charge >= 0.3 is 0 Å². The Hall–Kier alpha value is -1.32. The number of carbonyl (C=O) groups excluding carboxylic acids is 1. The van der Waals surface area contributed by atoms with Crippen LogP contribution in [0.4, 0.5) is 0 Å². The third-order valence-electron chi connectivity index (χ3n) is 1.30. The molecule has 4 nitrogen and oxygen atoms in total. The molecule has 0 saturated carbocycles. The molecule has 0 aliphatic heterocycles. The predicted molar refractivity (Wildman–Crippen MR) is 40.7 cm³/mol. The minimum Gasteiger partial charge on any atom is -0.352 e. The molecule has 0 unspecified atom stereocenters. The number of hydrogen-bond acceptors (Lipinski definition) is 2. The third kappa shape index (κ3) is 2.41. The number of amides is 1. The zero-order chi connectivity index (χ0) is 8.27. The second kappa shape index (κ2) is 3.18. The SMILES string of the molecule is CC(=O)NCc1cnn(C)c1. The maximum absolute atomic E-state index is 10.5. The van der Waals surface area contributed by atoms with E-state index in [1.54, 1.807) is 10.9 Å². The quantitative estimate of drug-likeness (QED) is 0.653. The summed E-state index contributed by atoms with van der Waals surface area (Å²) in [5.74, 6) is -0.0196. The molecule has 0 aliphatic rings. The van der Waals surface area contributed by atoms with Gasteiger partial charge in [0.25, 0.3) is 0 Å². The van der Waals surface area contributed by atoms with Gasteiger partial charge in [0.1, 0.15) is 0 Å². The Balaban J connectivity index is 2.45. The molecule has 0 atom stereocenters. The van der Waals surface area contributed by atoms with Crippen LogP contribution >= 0.6 is 0 Å². The third-order valence-corrected chi connectivity index (χ3v) is 1.30. The summed E-state index contributed by atoms with van der Waals surface area (Å²) in [6, 6.07) is 0. The number of aryl methyl sites for hydroxylation is 1. The number of carbonyl (C=O) groups is 1. The zero-order valence-corrected chi connectivity index (χ0v) is 6.66. The summed E-state index contributed by atoms with van der Waals surface area (Å²) in [4.78, 5) is 10.5. The topological polar surface area (TPSA) is 46.9 Å². The second-order valence-corrected chi connectivity index (χ2v) is 2.43. The second-order valence-electron chi connectivity index (χ2n) is 2.43. The lowest BCUT2D eigenvalue weighted by Gasteiger charge is -1.96. The largest absolute Gasteiger partial charge is 0.352 e. The Bertz CT molecular complexity index is 254. The molecule has 1 rings (SSSR count). The van der Waals surface area contributed by atoms with Crippen molar-refractivity contribution in [2.75, 3.05) is 0 Å². The van der Waals surface area contributed by atoms with E-state index >= 15 is 0 Å². The van der Waals surface area contributed by atoms with Gasteiger partial charge in [0.15, 0.2) is 0 Å². The van der Waals surface area contributed by atoms with Crippen molar-refractivity contribution >= 4 is 5.91 Å². The first-order valence-electron chi connectivity index (χ1n) is 3.40. The van der Waals surface area contributed by atoms with Gasteiger partial charge in [-0.1, -0.05) is 0 Å². The lowest BCUT2D eigenvalue weighted by atomic mass is 10.3. The molecule has 60 valence electrons. The van der Waals surface area contributed by atoms with Crippen LogP contribution in [0.25, 0.3) is 0 Å². The smallest absolute Gasteiger partial charge is 0.217 e. The molecule has 11 heavy (non-hydrogen) atoms. The van der Waals surface area contributed by atoms with Crippen LogP contribution in [0.1, 0.15) is 12.5 Å². The fourth-order valence-corrected chi connectivity index (χ4v) is 0.790. The van der Waals surface area contributed by atoms with Gasteiger partial charge < -0.3 is 5.32 Å². The monoisotopic (exact) mass is 153 g/mol. The molecule has 1 N–H and O–H groups in total. The molecule has 0 aromatic carbocycles. The van der Waals surface area contributed by atoms with E-state index in [9.17, 15) is 4.79 Å². The highest BCUT2D eigenvalue weighted by atomic mass is 16.1. The van der Waals surface area contributed by atoms with Crippen molar-refractivity contribution in [2.45, 2.75) is 13.5 Å². The minimum atomic E-state index is -0.0196. The molecule has 0 bridgehead atoms. The number of hydrogen-bond donors (Lipinski definition) is 1. The van der Waals surface area contributed by atoms with Crippen molar-refractivity contribution < 1.29 is 4.79 Å². The highest BCUT2D eigenvalue weighted by molar-refractivity contribution is 5.72. The van der Waals surface area contributed by atoms with Gasteiger partial charge in [0, 0.05) is 32.3 Å². The van der Waals surface area contributed by atoms with Crippen LogP contribution in [-0.2, 0) is 18.4 Å². The summed E-state index contributed by atoms with van der Waals surface area (Å²) < 4.78 is 1.71. The van der Waals surface area contributed by atoms with Crippen molar-refractivity contribution in [3.63, 3.8) is 0 Å². The summed E-state index contributed by atoms with van der Waals surface area (Å²) >= 11 is 0. The van der Waals surface area contributed by atoms with Gasteiger partial charge in [-0.25, -0.2) is 0 Å². The Morgan fingerprint density at radius 3 is 3.00 bits per heavy atom. The molecule has 1 aromatic rings. The molecule has 0 saturated heterocycles. The summed E-state index contributed by atoms with van der Waals surface area (Å²) in [6.45, 7) is 2.06. The first-order valence-corrected chi connectivity index (χ1v) is 3.40. The van der Waals surface area contributed by atoms with E-state index < -0.39 is 0 Å². The summed E-state index contributed by atoms with van der Waals surface area (Å²) in [5.41, 5.74) is 1.02. The van der Waals surface area contributed by atoms with Crippen LogP contribution in [0.2, 0.25) is 0 Å². The van der Waals surface area contributed by atoms with Gasteiger partial charge in [0.05, 0.1) is 6.20 Å². The van der Waals surface area contributed by atoms with Gasteiger partial charge in [-0.15, -0.1) is 0 Å². The van der Waals surface area contributed by atoms with Crippen molar-refractivity contribution in [1.29, 1.82) is 0 Å². The van der Waals surface area contributed by atoms with Crippen LogP contribution in [-0.4, -0.2) is 15.7 Å². The number of nitrogens with zero attached hydrogens (tertiary/aromatic N) is 2. The Morgan fingerprint density at radius 2 is 2.55 bits per heavy atom. The standard InChI is InChI=1S/C7H11N3O/c1-6(11)8-3-7-4-9-10(2)5-7/h4-5H,3H2,1-2H3,(H,8,11). The minimum absolute atomic E-state index is 0.0196. The van der Waals surface area contributed by atoms with Crippen molar-refractivity contribution in [2.24, 2.45) is 7.05 Å². The number of aromatic nitrogens is 2. The average molecular weight is 153 g/mol. The highest BCUT2D eigenvalue weighted by Crippen LogP contribution is 1.93. The van der Waals surface area contributed by atoms with E-state index in [1.807, 2.05) is 13.2 Å². The maximum Gasteiger partial charge on any atom is 0.217 e. The summed E-state index contributed by atoms with van der Waals surface area (Å²) in [7, 11) is 1.84. The molecule has 0 spiro atoms. The maximum atomic E-state index is 10.5. The first-order chi connectivity index (χ1) is 5.18. The van der Waals surface area contributed by atoms with E-state index in [2.05, 4.69) is 10.4 Å². The molecule has 1 amide bonds. The predicted octanol–water partition coefficient (Wildman–Crippen LogP) is 0.0562. The van der Waals surface area contributed by atoms with Crippen molar-refractivity contribution in [1.82, 2.24) is 15.1 Å². The number of rotatable bonds is 2. The average Bonchev–Trinajstić information content (AvgIpc) is 2.31. The zero-order valence-electron chi connectivity index (χ0n) is 6.66. The molecule has 0 radical (unpaired) electrons. The Kier molecular flexibility index (Phi) is 2.25. The van der Waals surface area contributed by atoms with Crippen LogP contribution in [0.3, 0.4) is 0 Å². The molecule has 0 aliphatic carbocycles. The molecule has 1 heterocycles. The van der Waals surface area contributed by atoms with Gasteiger partial charge in [-0.2, -0.15) is 5.10 Å². The van der Waals surface area contributed by atoms with E-state index in [4.69, 9.17) is 0 Å². The lowest BCUT2D eigenvalue weighted by Crippen LogP contribution is -2.18. The van der Waals surface area contributed by atoms with Crippen molar-refractivity contribution in [3.8, 4) is 0 Å². The highest BCUT2D eigenvalue weighted by Gasteiger charge is 1.95. The van der Waals surface area contributed by atoms with Crippen LogP contribution in [0.15, 0.2) is 12.4 Å². The molecule has 1 aromatic heterocycles. The van der Waals surface area contributed by atoms with Gasteiger partial charge in [-0.05, 0) is 0 Å². The molecule has 0 fully saturated rings. The van der Waals surface area contributed by atoms with E-state index in [0.717, 1.165) is 5.56 Å². The molecular formula is C7H11N3O. The van der Waals surface area contributed by atoms with Crippen molar-refractivity contribution in [3.05, 3.63) is 18.0 Å². The van der Waals surface area contributed by atoms with Crippen LogP contribution in [0.5, 0.6) is 0 Å². The normalized spacial score (nSPS) is 9.64. The van der Waals surface area contributed by atoms with E-state index in [1.165, 1.54) is 6.92 Å². The summed E-state index contributed by atoms with van der Waals surface area (Å²) in [5, 5.41) is 6.64. The van der Waals surface area contributed by atoms with E-state index in [0.29, 0.717) is 6.54 Å². The fraction of sp³-hybridized carbons (Fsp3) is 0.429. The van der Waals surface area contributed by atoms with E-state index in [-0.39, 0.29) is 5.91 Å². The lowest BCUT2D eigenvalue weighted by molar-refractivity contribution is -0.119. The fourth-order valence-electron chi connectivity index (χ4n) is 0.790. The first kappa shape index (κ1) is 7.78. The Morgan fingerprint density at radius 1 is 1.82 bits per heavy atom. The number of nitrogens with one attached hydrogen (secondary N) is 1. The van der Waals surface area contributed by atoms with Gasteiger partial charge in [0.2, 0.25) is 5.91 Å². The Labute approximate surface area is 65.2 Å². The summed E-state index contributed by atoms with van der Waals surface area (Å²) in [6.07, 6.45) is 3.60. The van der Waals surface area contributed by atoms with Crippen LogP contribution in [0, 0.1) is 0 Å². The van der Waals surface area contributed by atoms with Gasteiger partial charge in [-0.3, -0.25) is 9.48 Å². The molecular weight excluding hydrogens is 142 g/mol.